The van der Waals surface area contributed by atoms with Gasteiger partial charge in [0.1, 0.15) is 5.75 Å². The van der Waals surface area contributed by atoms with E-state index >= 15 is 0 Å². The first-order valence-electron chi connectivity index (χ1n) is 8.02. The molecule has 0 aromatic heterocycles. The van der Waals surface area contributed by atoms with Gasteiger partial charge in [0.2, 0.25) is 0 Å². The van der Waals surface area contributed by atoms with E-state index in [-0.39, 0.29) is 11.5 Å². The molecule has 0 aliphatic rings. The summed E-state index contributed by atoms with van der Waals surface area (Å²) in [5, 5.41) is 9.21. The van der Waals surface area contributed by atoms with Gasteiger partial charge in [-0.15, -0.1) is 0 Å². The predicted molar refractivity (Wildman–Crippen MR) is 89.9 cm³/mol. The molecule has 0 spiro atoms. The molecule has 0 radical (unpaired) electrons. The molecule has 0 saturated carbocycles. The molecule has 2 heteroatoms. The van der Waals surface area contributed by atoms with E-state index in [1.807, 2.05) is 6.92 Å². The van der Waals surface area contributed by atoms with Crippen LogP contribution in [-0.4, -0.2) is 17.8 Å². The Kier molecular flexibility index (Phi) is 6.27. The van der Waals surface area contributed by atoms with E-state index in [4.69, 9.17) is 4.74 Å². The summed E-state index contributed by atoms with van der Waals surface area (Å²) in [5.41, 5.74) is 1.84. The van der Waals surface area contributed by atoms with Crippen molar-refractivity contribution in [3.63, 3.8) is 0 Å². The highest BCUT2D eigenvalue weighted by atomic mass is 16.5. The van der Waals surface area contributed by atoms with E-state index in [2.05, 4.69) is 58.9 Å². The average molecular weight is 292 g/mol. The van der Waals surface area contributed by atoms with E-state index in [9.17, 15) is 5.11 Å². The summed E-state index contributed by atoms with van der Waals surface area (Å²) in [7, 11) is 0. The lowest BCUT2D eigenvalue weighted by Crippen LogP contribution is -2.24. The van der Waals surface area contributed by atoms with Gasteiger partial charge in [0.05, 0.1) is 12.7 Å². The Balaban J connectivity index is 2.57. The molecule has 1 aromatic carbocycles. The summed E-state index contributed by atoms with van der Waals surface area (Å²) in [6.07, 6.45) is 2.58. The van der Waals surface area contributed by atoms with Crippen LogP contribution in [0.1, 0.15) is 66.4 Å². The summed E-state index contributed by atoms with van der Waals surface area (Å²) in [6, 6.07) is 8.47. The van der Waals surface area contributed by atoms with Crippen LogP contribution in [-0.2, 0) is 5.41 Å². The maximum absolute atomic E-state index is 9.21. The van der Waals surface area contributed by atoms with Gasteiger partial charge in [-0.1, -0.05) is 46.8 Å². The second-order valence-corrected chi connectivity index (χ2v) is 7.99. The predicted octanol–water partition coefficient (Wildman–Crippen LogP) is 4.94. The van der Waals surface area contributed by atoms with Crippen LogP contribution < -0.4 is 4.74 Å². The van der Waals surface area contributed by atoms with Crippen LogP contribution in [0.25, 0.3) is 0 Å². The van der Waals surface area contributed by atoms with Crippen molar-refractivity contribution in [3.8, 4) is 5.75 Å². The van der Waals surface area contributed by atoms with E-state index in [1.165, 1.54) is 5.56 Å². The molecule has 0 saturated heterocycles. The van der Waals surface area contributed by atoms with Crippen molar-refractivity contribution in [1.29, 1.82) is 0 Å². The number of benzene rings is 1. The van der Waals surface area contributed by atoms with Crippen molar-refractivity contribution in [3.05, 3.63) is 29.8 Å². The molecule has 1 rings (SSSR count). The van der Waals surface area contributed by atoms with Crippen LogP contribution in [0.2, 0.25) is 0 Å². The summed E-state index contributed by atoms with van der Waals surface area (Å²) in [4.78, 5) is 0. The van der Waals surface area contributed by atoms with Gasteiger partial charge in [-0.25, -0.2) is 0 Å². The van der Waals surface area contributed by atoms with Gasteiger partial charge >= 0.3 is 0 Å². The molecule has 0 heterocycles. The highest BCUT2D eigenvalue weighted by molar-refractivity contribution is 5.31. The topological polar surface area (TPSA) is 29.5 Å². The Hall–Kier alpha value is -1.02. The minimum atomic E-state index is -0.242. The summed E-state index contributed by atoms with van der Waals surface area (Å²) < 4.78 is 5.71. The van der Waals surface area contributed by atoms with Crippen LogP contribution in [0.3, 0.4) is 0 Å². The summed E-state index contributed by atoms with van der Waals surface area (Å²) >= 11 is 0. The van der Waals surface area contributed by atoms with Gasteiger partial charge in [-0.2, -0.15) is 0 Å². The van der Waals surface area contributed by atoms with E-state index in [0.717, 1.165) is 25.0 Å². The fourth-order valence-corrected chi connectivity index (χ4v) is 3.00. The maximum atomic E-state index is 9.21. The van der Waals surface area contributed by atoms with Gasteiger partial charge < -0.3 is 9.84 Å². The molecule has 0 aliphatic heterocycles. The number of hydrogen-bond acceptors (Lipinski definition) is 2. The zero-order valence-electron chi connectivity index (χ0n) is 14.6. The van der Waals surface area contributed by atoms with Gasteiger partial charge in [0, 0.05) is 0 Å². The van der Waals surface area contributed by atoms with Crippen molar-refractivity contribution >= 4 is 0 Å². The zero-order valence-corrected chi connectivity index (χ0v) is 14.6. The second kappa shape index (κ2) is 7.31. The molecule has 21 heavy (non-hydrogen) atoms. The number of hydrogen-bond donors (Lipinski definition) is 1. The van der Waals surface area contributed by atoms with Gasteiger partial charge in [-0.3, -0.25) is 0 Å². The summed E-state index contributed by atoms with van der Waals surface area (Å²) in [5.74, 6) is 0.913. The average Bonchev–Trinajstić information content (AvgIpc) is 2.32. The third-order valence-corrected chi connectivity index (χ3v) is 3.64. The fraction of sp³-hybridized carbons (Fsp3) is 0.684. The molecular formula is C19H32O2. The third kappa shape index (κ3) is 6.99. The van der Waals surface area contributed by atoms with Crippen molar-refractivity contribution in [1.82, 2.24) is 0 Å². The van der Waals surface area contributed by atoms with Crippen LogP contribution in [0.5, 0.6) is 5.75 Å². The molecule has 1 N–H and O–H groups in total. The molecule has 1 unspecified atom stereocenters. The molecule has 0 aliphatic carbocycles. The smallest absolute Gasteiger partial charge is 0.119 e. The highest BCUT2D eigenvalue weighted by Crippen LogP contribution is 2.36. The largest absolute Gasteiger partial charge is 0.494 e. The van der Waals surface area contributed by atoms with Gasteiger partial charge in [-0.05, 0) is 54.7 Å². The Morgan fingerprint density at radius 2 is 1.62 bits per heavy atom. The van der Waals surface area contributed by atoms with Gasteiger partial charge in [0.15, 0.2) is 0 Å². The Labute approximate surface area is 130 Å². The van der Waals surface area contributed by atoms with Crippen LogP contribution in [0, 0.1) is 5.41 Å². The van der Waals surface area contributed by atoms with Crippen molar-refractivity contribution in [2.24, 2.45) is 5.41 Å². The Bertz CT molecular complexity index is 410. The molecule has 1 aromatic rings. The lowest BCUT2D eigenvalue weighted by atomic mass is 9.72. The molecule has 120 valence electrons. The first-order chi connectivity index (χ1) is 9.60. The lowest BCUT2D eigenvalue weighted by Gasteiger charge is -2.33. The molecule has 0 fully saturated rings. The van der Waals surface area contributed by atoms with Crippen LogP contribution >= 0.6 is 0 Å². The second-order valence-electron chi connectivity index (χ2n) is 7.99. The van der Waals surface area contributed by atoms with E-state index in [1.54, 1.807) is 0 Å². The molecule has 0 amide bonds. The Morgan fingerprint density at radius 3 is 2.10 bits per heavy atom. The van der Waals surface area contributed by atoms with E-state index < -0.39 is 0 Å². The fourth-order valence-electron chi connectivity index (χ4n) is 3.00. The van der Waals surface area contributed by atoms with Crippen LogP contribution in [0.4, 0.5) is 0 Å². The number of aliphatic hydroxyl groups excluding tert-OH is 1. The van der Waals surface area contributed by atoms with Crippen molar-refractivity contribution < 1.29 is 9.84 Å². The van der Waals surface area contributed by atoms with Crippen molar-refractivity contribution in [2.75, 3.05) is 6.61 Å². The lowest BCUT2D eigenvalue weighted by molar-refractivity contribution is 0.170. The van der Waals surface area contributed by atoms with E-state index in [0.29, 0.717) is 12.0 Å². The van der Waals surface area contributed by atoms with Gasteiger partial charge in [0.25, 0.3) is 0 Å². The minimum Gasteiger partial charge on any atom is -0.494 e. The quantitative estimate of drug-likeness (QED) is 0.721. The first kappa shape index (κ1) is 18.0. The number of ether oxygens (including phenoxy) is 1. The monoisotopic (exact) mass is 292 g/mol. The normalized spacial score (nSPS) is 14.0. The van der Waals surface area contributed by atoms with Crippen molar-refractivity contribution in [2.45, 2.75) is 72.3 Å². The van der Waals surface area contributed by atoms with Crippen LogP contribution in [0.15, 0.2) is 24.3 Å². The first-order valence-corrected chi connectivity index (χ1v) is 8.02. The Morgan fingerprint density at radius 1 is 1.05 bits per heavy atom. The number of aliphatic hydroxyl groups is 1. The zero-order chi connectivity index (χ0) is 16.1. The highest BCUT2D eigenvalue weighted by Gasteiger charge is 2.27. The number of rotatable bonds is 7. The molecule has 0 bridgehead atoms. The maximum Gasteiger partial charge on any atom is 0.119 e. The summed E-state index contributed by atoms with van der Waals surface area (Å²) in [6.45, 7) is 13.9. The third-order valence-electron chi connectivity index (χ3n) is 3.64. The molecule has 2 nitrogen and oxygen atoms in total. The standard InChI is InChI=1S/C19H32O2/c1-15(20)8-7-13-21-17-11-9-16(10-12-17)19(5,6)14-18(2,3)4/h9-12,15,20H,7-8,13-14H2,1-6H3. The minimum absolute atomic E-state index is 0.170. The molecule has 1 atom stereocenters. The SMILES string of the molecule is CC(O)CCCOc1ccc(C(C)(C)CC(C)(C)C)cc1. The molecular weight excluding hydrogens is 260 g/mol.